The zero-order valence-corrected chi connectivity index (χ0v) is 12.4. The van der Waals surface area contributed by atoms with Crippen molar-refractivity contribution in [2.75, 3.05) is 26.2 Å². The van der Waals surface area contributed by atoms with Gasteiger partial charge in [-0.1, -0.05) is 30.3 Å². The first kappa shape index (κ1) is 16.1. The maximum Gasteiger partial charge on any atom is 0.407 e. The lowest BCUT2D eigenvalue weighted by atomic mass is 10.2. The number of amides is 2. The second-order valence-electron chi connectivity index (χ2n) is 5.16. The summed E-state index contributed by atoms with van der Waals surface area (Å²) in [5, 5.41) is 2.84. The van der Waals surface area contributed by atoms with Crippen LogP contribution in [-0.2, 0) is 16.1 Å². The van der Waals surface area contributed by atoms with Crippen LogP contribution in [0.3, 0.4) is 0 Å². The van der Waals surface area contributed by atoms with Crippen LogP contribution < -0.4 is 11.1 Å². The molecule has 0 unspecified atom stereocenters. The summed E-state index contributed by atoms with van der Waals surface area (Å²) in [6.45, 7) is 2.69. The number of nitrogens with two attached hydrogens (primary N) is 1. The number of rotatable bonds is 6. The fourth-order valence-electron chi connectivity index (χ4n) is 2.36. The molecule has 0 spiro atoms. The predicted octanol–water partition coefficient (Wildman–Crippen LogP) is 1.08. The zero-order chi connectivity index (χ0) is 15.8. The molecule has 0 saturated carbocycles. The Labute approximate surface area is 129 Å². The Morgan fingerprint density at radius 3 is 2.77 bits per heavy atom. The minimum Gasteiger partial charge on any atom is -0.448 e. The molecule has 1 aliphatic rings. The molecule has 0 radical (unpaired) electrons. The molecule has 3 N–H and O–H groups in total. The molecular weight excluding hydrogens is 286 g/mol. The lowest BCUT2D eigenvalue weighted by Crippen LogP contribution is -2.38. The van der Waals surface area contributed by atoms with E-state index in [4.69, 9.17) is 15.2 Å². The first-order chi connectivity index (χ1) is 10.6. The lowest BCUT2D eigenvalue weighted by molar-refractivity contribution is 0.134. The first-order valence-electron chi connectivity index (χ1n) is 7.25. The van der Waals surface area contributed by atoms with Crippen molar-refractivity contribution in [2.45, 2.75) is 19.1 Å². The third kappa shape index (κ3) is 5.61. The number of nitrogens with one attached hydrogen (secondary N) is 1. The SMILES string of the molecule is NC(=O)OCCN1CC[C@@H](NC(=O)OCc2ccccc2)C1. The number of primary amides is 1. The summed E-state index contributed by atoms with van der Waals surface area (Å²) in [7, 11) is 0. The monoisotopic (exact) mass is 307 g/mol. The Morgan fingerprint density at radius 1 is 1.27 bits per heavy atom. The van der Waals surface area contributed by atoms with Gasteiger partial charge in [-0.15, -0.1) is 0 Å². The molecule has 0 aromatic heterocycles. The van der Waals surface area contributed by atoms with Crippen molar-refractivity contribution < 1.29 is 19.1 Å². The van der Waals surface area contributed by atoms with E-state index >= 15 is 0 Å². The number of alkyl carbamates (subject to hydrolysis) is 1. The van der Waals surface area contributed by atoms with Crippen LogP contribution in [0.15, 0.2) is 30.3 Å². The predicted molar refractivity (Wildman–Crippen MR) is 80.1 cm³/mol. The van der Waals surface area contributed by atoms with Crippen LogP contribution in [0.4, 0.5) is 9.59 Å². The highest BCUT2D eigenvalue weighted by molar-refractivity contribution is 5.67. The van der Waals surface area contributed by atoms with E-state index in [1.54, 1.807) is 0 Å². The highest BCUT2D eigenvalue weighted by atomic mass is 16.6. The number of ether oxygens (including phenoxy) is 2. The number of hydrogen-bond donors (Lipinski definition) is 2. The molecule has 2 amide bonds. The van der Waals surface area contributed by atoms with Gasteiger partial charge < -0.3 is 20.5 Å². The van der Waals surface area contributed by atoms with E-state index in [-0.39, 0.29) is 19.3 Å². The average Bonchev–Trinajstić information content (AvgIpc) is 2.93. The molecule has 2 rings (SSSR count). The third-order valence-corrected chi connectivity index (χ3v) is 3.46. The highest BCUT2D eigenvalue weighted by Crippen LogP contribution is 2.09. The molecule has 7 heteroatoms. The van der Waals surface area contributed by atoms with Gasteiger partial charge in [0.15, 0.2) is 0 Å². The molecule has 1 aromatic rings. The maximum atomic E-state index is 11.7. The number of likely N-dealkylation sites (tertiary alicyclic amines) is 1. The zero-order valence-electron chi connectivity index (χ0n) is 12.4. The van der Waals surface area contributed by atoms with Crippen LogP contribution in [0, 0.1) is 0 Å². The van der Waals surface area contributed by atoms with Gasteiger partial charge >= 0.3 is 12.2 Å². The smallest absolute Gasteiger partial charge is 0.407 e. The molecular formula is C15H21N3O4. The number of nitrogens with zero attached hydrogens (tertiary/aromatic N) is 1. The van der Waals surface area contributed by atoms with Gasteiger partial charge in [0.2, 0.25) is 0 Å². The van der Waals surface area contributed by atoms with Crippen molar-refractivity contribution in [3.05, 3.63) is 35.9 Å². The second kappa shape index (κ2) is 8.23. The van der Waals surface area contributed by atoms with Crippen LogP contribution in [0.25, 0.3) is 0 Å². The van der Waals surface area contributed by atoms with Crippen LogP contribution in [0.5, 0.6) is 0 Å². The van der Waals surface area contributed by atoms with Gasteiger partial charge in [0.1, 0.15) is 13.2 Å². The molecule has 1 aromatic carbocycles. The maximum absolute atomic E-state index is 11.7. The largest absolute Gasteiger partial charge is 0.448 e. The standard InChI is InChI=1S/C15H21N3O4/c16-14(19)21-9-8-18-7-6-13(10-18)17-15(20)22-11-12-4-2-1-3-5-12/h1-5,13H,6-11H2,(H2,16,19)(H,17,20)/t13-/m1/s1. The summed E-state index contributed by atoms with van der Waals surface area (Å²) in [4.78, 5) is 24.3. The third-order valence-electron chi connectivity index (χ3n) is 3.46. The lowest BCUT2D eigenvalue weighted by Gasteiger charge is -2.16. The van der Waals surface area contributed by atoms with Crippen LogP contribution >= 0.6 is 0 Å². The van der Waals surface area contributed by atoms with Gasteiger partial charge in [0.05, 0.1) is 0 Å². The fraction of sp³-hybridized carbons (Fsp3) is 0.467. The van der Waals surface area contributed by atoms with Gasteiger partial charge in [0.25, 0.3) is 0 Å². The summed E-state index contributed by atoms with van der Waals surface area (Å²) in [6, 6.07) is 9.58. The van der Waals surface area contributed by atoms with Crippen LogP contribution in [0.2, 0.25) is 0 Å². The van der Waals surface area contributed by atoms with E-state index in [0.717, 1.165) is 18.5 Å². The Morgan fingerprint density at radius 2 is 2.05 bits per heavy atom. The molecule has 1 atom stereocenters. The summed E-state index contributed by atoms with van der Waals surface area (Å²) >= 11 is 0. The summed E-state index contributed by atoms with van der Waals surface area (Å²) in [6.07, 6.45) is -0.334. The van der Waals surface area contributed by atoms with Gasteiger partial charge in [-0.25, -0.2) is 9.59 Å². The number of carbonyl (C=O) groups excluding carboxylic acids is 2. The molecule has 1 heterocycles. The van der Waals surface area contributed by atoms with Crippen molar-refractivity contribution in [2.24, 2.45) is 5.73 Å². The number of hydrogen-bond acceptors (Lipinski definition) is 5. The van der Waals surface area contributed by atoms with Gasteiger partial charge in [-0.3, -0.25) is 4.90 Å². The van der Waals surface area contributed by atoms with E-state index in [1.807, 2.05) is 30.3 Å². The number of benzene rings is 1. The molecule has 0 bridgehead atoms. The molecule has 120 valence electrons. The molecule has 1 saturated heterocycles. The van der Waals surface area contributed by atoms with E-state index < -0.39 is 12.2 Å². The highest BCUT2D eigenvalue weighted by Gasteiger charge is 2.24. The Bertz CT molecular complexity index is 495. The van der Waals surface area contributed by atoms with Gasteiger partial charge in [0, 0.05) is 25.7 Å². The topological polar surface area (TPSA) is 93.9 Å². The van der Waals surface area contributed by atoms with E-state index in [0.29, 0.717) is 13.1 Å². The summed E-state index contributed by atoms with van der Waals surface area (Å²) in [5.74, 6) is 0. The van der Waals surface area contributed by atoms with Crippen molar-refractivity contribution in [3.63, 3.8) is 0 Å². The fourth-order valence-corrected chi connectivity index (χ4v) is 2.36. The Kier molecular flexibility index (Phi) is 6.02. The molecule has 7 nitrogen and oxygen atoms in total. The minimum atomic E-state index is -0.765. The van der Waals surface area contributed by atoms with Gasteiger partial charge in [-0.05, 0) is 12.0 Å². The van der Waals surface area contributed by atoms with Crippen molar-refractivity contribution in [1.82, 2.24) is 10.2 Å². The van der Waals surface area contributed by atoms with Crippen molar-refractivity contribution >= 4 is 12.2 Å². The van der Waals surface area contributed by atoms with Crippen LogP contribution in [0.1, 0.15) is 12.0 Å². The quantitative estimate of drug-likeness (QED) is 0.820. The van der Waals surface area contributed by atoms with Gasteiger partial charge in [-0.2, -0.15) is 0 Å². The normalized spacial score (nSPS) is 17.9. The van der Waals surface area contributed by atoms with E-state index in [1.165, 1.54) is 0 Å². The molecule has 22 heavy (non-hydrogen) atoms. The minimum absolute atomic E-state index is 0.0526. The molecule has 1 fully saturated rings. The Hall–Kier alpha value is -2.28. The summed E-state index contributed by atoms with van der Waals surface area (Å²) < 4.78 is 9.88. The average molecular weight is 307 g/mol. The molecule has 0 aliphatic carbocycles. The summed E-state index contributed by atoms with van der Waals surface area (Å²) in [5.41, 5.74) is 5.85. The van der Waals surface area contributed by atoms with Crippen molar-refractivity contribution in [1.29, 1.82) is 0 Å². The second-order valence-corrected chi connectivity index (χ2v) is 5.16. The van der Waals surface area contributed by atoms with E-state index in [9.17, 15) is 9.59 Å². The molecule has 1 aliphatic heterocycles. The van der Waals surface area contributed by atoms with E-state index in [2.05, 4.69) is 10.2 Å². The Balaban J connectivity index is 1.62. The van der Waals surface area contributed by atoms with Crippen LogP contribution in [-0.4, -0.2) is 49.4 Å². The first-order valence-corrected chi connectivity index (χ1v) is 7.25. The van der Waals surface area contributed by atoms with Crippen molar-refractivity contribution in [3.8, 4) is 0 Å². The number of carbonyl (C=O) groups is 2.